The number of carbonyl (C=O) groups excluding carboxylic acids is 2. The van der Waals surface area contributed by atoms with Crippen molar-refractivity contribution < 1.29 is 24.2 Å². The van der Waals surface area contributed by atoms with Crippen molar-refractivity contribution in [1.82, 2.24) is 0 Å². The predicted molar refractivity (Wildman–Crippen MR) is 83.4 cm³/mol. The summed E-state index contributed by atoms with van der Waals surface area (Å²) in [4.78, 5) is 24.1. The Morgan fingerprint density at radius 2 is 1.68 bits per heavy atom. The first-order valence-electron chi connectivity index (χ1n) is 7.56. The number of unbranched alkanes of at least 4 members (excludes halogenated alkanes) is 1. The minimum absolute atomic E-state index is 0.0818. The van der Waals surface area contributed by atoms with Crippen LogP contribution in [0, 0.1) is 0 Å². The highest BCUT2D eigenvalue weighted by Crippen LogP contribution is 2.32. The molecule has 0 spiro atoms. The highest BCUT2D eigenvalue weighted by molar-refractivity contribution is 6.00. The van der Waals surface area contributed by atoms with Gasteiger partial charge in [0.15, 0.2) is 0 Å². The van der Waals surface area contributed by atoms with Crippen molar-refractivity contribution in [2.75, 3.05) is 14.2 Å². The quantitative estimate of drug-likeness (QED) is 0.783. The number of hydrogen-bond acceptors (Lipinski definition) is 5. The first-order chi connectivity index (χ1) is 10.5. The molecule has 0 atom stereocenters. The maximum Gasteiger partial charge on any atom is 0.341 e. The van der Waals surface area contributed by atoms with Gasteiger partial charge in [0.05, 0.1) is 19.8 Å². The normalized spacial score (nSPS) is 10.4. The van der Waals surface area contributed by atoms with Crippen LogP contribution in [0.25, 0.3) is 0 Å². The number of rotatable bonds is 7. The first kappa shape index (κ1) is 18.0. The number of carbonyl (C=O) groups is 2. The molecule has 1 aromatic rings. The number of aromatic hydroxyl groups is 1. The van der Waals surface area contributed by atoms with Gasteiger partial charge < -0.3 is 14.6 Å². The van der Waals surface area contributed by atoms with E-state index in [-0.39, 0.29) is 11.3 Å². The molecule has 1 rings (SSSR count). The Hall–Kier alpha value is -2.04. The van der Waals surface area contributed by atoms with E-state index in [9.17, 15) is 14.7 Å². The van der Waals surface area contributed by atoms with E-state index >= 15 is 0 Å². The molecule has 0 aromatic heterocycles. The van der Waals surface area contributed by atoms with Crippen LogP contribution in [-0.4, -0.2) is 31.3 Å². The van der Waals surface area contributed by atoms with Crippen LogP contribution in [0.1, 0.15) is 65.0 Å². The lowest BCUT2D eigenvalue weighted by Gasteiger charge is -2.17. The second-order valence-electron chi connectivity index (χ2n) is 5.12. The number of hydrogen-bond donors (Lipinski definition) is 1. The standard InChI is InChI=1S/C17H24O5/c1-5-7-9-11-10-13(16(19)21-3)12(8-6-2)14(15(11)18)17(20)22-4/h10,18H,5-9H2,1-4H3. The van der Waals surface area contributed by atoms with E-state index in [2.05, 4.69) is 0 Å². The molecule has 0 unspecified atom stereocenters. The first-order valence-corrected chi connectivity index (χ1v) is 7.56. The second-order valence-corrected chi connectivity index (χ2v) is 5.12. The van der Waals surface area contributed by atoms with Crippen LogP contribution in [0.3, 0.4) is 0 Å². The van der Waals surface area contributed by atoms with E-state index in [4.69, 9.17) is 9.47 Å². The highest BCUT2D eigenvalue weighted by Gasteiger charge is 2.26. The fraction of sp³-hybridized carbons (Fsp3) is 0.529. The smallest absolute Gasteiger partial charge is 0.341 e. The van der Waals surface area contributed by atoms with Gasteiger partial charge in [0.25, 0.3) is 0 Å². The summed E-state index contributed by atoms with van der Waals surface area (Å²) in [6.45, 7) is 3.97. The zero-order valence-electron chi connectivity index (χ0n) is 13.7. The lowest BCUT2D eigenvalue weighted by atomic mass is 9.91. The molecule has 0 bridgehead atoms. The van der Waals surface area contributed by atoms with Crippen LogP contribution in [0.4, 0.5) is 0 Å². The molecule has 22 heavy (non-hydrogen) atoms. The van der Waals surface area contributed by atoms with E-state index in [1.165, 1.54) is 14.2 Å². The molecule has 0 aliphatic carbocycles. The molecular weight excluding hydrogens is 284 g/mol. The van der Waals surface area contributed by atoms with Gasteiger partial charge in [0.2, 0.25) is 0 Å². The summed E-state index contributed by atoms with van der Waals surface area (Å²) < 4.78 is 9.60. The Morgan fingerprint density at radius 3 is 2.18 bits per heavy atom. The van der Waals surface area contributed by atoms with Crippen molar-refractivity contribution in [2.24, 2.45) is 0 Å². The van der Waals surface area contributed by atoms with Crippen molar-refractivity contribution in [3.05, 3.63) is 28.3 Å². The topological polar surface area (TPSA) is 72.8 Å². The van der Waals surface area contributed by atoms with E-state index in [0.717, 1.165) is 19.3 Å². The van der Waals surface area contributed by atoms with E-state index in [0.29, 0.717) is 29.5 Å². The molecule has 0 heterocycles. The molecule has 0 saturated heterocycles. The Kier molecular flexibility index (Phi) is 6.89. The predicted octanol–water partition coefficient (Wildman–Crippen LogP) is 3.26. The number of methoxy groups -OCH3 is 2. The van der Waals surface area contributed by atoms with Gasteiger partial charge in [-0.15, -0.1) is 0 Å². The van der Waals surface area contributed by atoms with Gasteiger partial charge in [0.1, 0.15) is 11.3 Å². The van der Waals surface area contributed by atoms with E-state index in [1.54, 1.807) is 6.07 Å². The fourth-order valence-electron chi connectivity index (χ4n) is 2.45. The Morgan fingerprint density at radius 1 is 1.05 bits per heavy atom. The van der Waals surface area contributed by atoms with E-state index in [1.807, 2.05) is 13.8 Å². The molecule has 0 saturated carbocycles. The number of esters is 2. The summed E-state index contributed by atoms with van der Waals surface area (Å²) in [6, 6.07) is 1.63. The summed E-state index contributed by atoms with van der Waals surface area (Å²) in [7, 11) is 2.56. The molecule has 5 heteroatoms. The zero-order valence-corrected chi connectivity index (χ0v) is 13.7. The highest BCUT2D eigenvalue weighted by atomic mass is 16.5. The summed E-state index contributed by atoms with van der Waals surface area (Å²) in [5.74, 6) is -1.23. The monoisotopic (exact) mass is 308 g/mol. The Balaban J connectivity index is 3.59. The van der Waals surface area contributed by atoms with Gasteiger partial charge in [-0.05, 0) is 36.5 Å². The number of ether oxygens (including phenoxy) is 2. The van der Waals surface area contributed by atoms with Gasteiger partial charge in [0, 0.05) is 0 Å². The van der Waals surface area contributed by atoms with Crippen molar-refractivity contribution >= 4 is 11.9 Å². The number of phenolic OH excluding ortho intramolecular Hbond substituents is 1. The maximum absolute atomic E-state index is 12.1. The summed E-state index contributed by atoms with van der Waals surface area (Å²) in [5.41, 5.74) is 1.47. The SMILES string of the molecule is CCCCc1cc(C(=O)OC)c(CCC)c(C(=O)OC)c1O. The van der Waals surface area contributed by atoms with Gasteiger partial charge in [-0.1, -0.05) is 26.7 Å². The van der Waals surface area contributed by atoms with Crippen LogP contribution in [0.2, 0.25) is 0 Å². The largest absolute Gasteiger partial charge is 0.507 e. The van der Waals surface area contributed by atoms with Crippen LogP contribution in [-0.2, 0) is 22.3 Å². The third-order valence-electron chi connectivity index (χ3n) is 3.58. The molecule has 1 N–H and O–H groups in total. The van der Waals surface area contributed by atoms with Crippen molar-refractivity contribution in [1.29, 1.82) is 0 Å². The van der Waals surface area contributed by atoms with Crippen molar-refractivity contribution in [3.63, 3.8) is 0 Å². The van der Waals surface area contributed by atoms with Gasteiger partial charge in [-0.3, -0.25) is 0 Å². The van der Waals surface area contributed by atoms with Crippen LogP contribution < -0.4 is 0 Å². The minimum atomic E-state index is -0.635. The van der Waals surface area contributed by atoms with E-state index < -0.39 is 11.9 Å². The van der Waals surface area contributed by atoms with Crippen molar-refractivity contribution in [3.8, 4) is 5.75 Å². The molecule has 0 aliphatic heterocycles. The average Bonchev–Trinajstić information content (AvgIpc) is 2.53. The minimum Gasteiger partial charge on any atom is -0.507 e. The summed E-state index contributed by atoms with van der Waals surface area (Å²) >= 11 is 0. The molecule has 122 valence electrons. The molecule has 0 fully saturated rings. The molecule has 1 aromatic carbocycles. The van der Waals surface area contributed by atoms with Crippen LogP contribution >= 0.6 is 0 Å². The average molecular weight is 308 g/mol. The van der Waals surface area contributed by atoms with Crippen LogP contribution in [0.15, 0.2) is 6.07 Å². The molecule has 0 aliphatic rings. The van der Waals surface area contributed by atoms with Gasteiger partial charge in [-0.25, -0.2) is 9.59 Å². The number of phenols is 1. The lowest BCUT2D eigenvalue weighted by Crippen LogP contribution is -2.14. The van der Waals surface area contributed by atoms with Gasteiger partial charge in [-0.2, -0.15) is 0 Å². The third kappa shape index (κ3) is 3.78. The second kappa shape index (κ2) is 8.41. The van der Waals surface area contributed by atoms with Crippen LogP contribution in [0.5, 0.6) is 5.75 Å². The fourth-order valence-corrected chi connectivity index (χ4v) is 2.45. The summed E-state index contributed by atoms with van der Waals surface area (Å²) in [5, 5.41) is 10.5. The third-order valence-corrected chi connectivity index (χ3v) is 3.58. The maximum atomic E-state index is 12.1. The lowest BCUT2D eigenvalue weighted by molar-refractivity contribution is 0.0594. The Labute approximate surface area is 131 Å². The van der Waals surface area contributed by atoms with Gasteiger partial charge >= 0.3 is 11.9 Å². The molecule has 5 nitrogen and oxygen atoms in total. The van der Waals surface area contributed by atoms with Crippen molar-refractivity contribution in [2.45, 2.75) is 46.0 Å². The molecule has 0 amide bonds. The number of aryl methyl sites for hydroxylation is 1. The molecular formula is C17H24O5. The molecule has 0 radical (unpaired) electrons. The number of benzene rings is 1. The zero-order chi connectivity index (χ0) is 16.7. The Bertz CT molecular complexity index is 548. The summed E-state index contributed by atoms with van der Waals surface area (Å²) in [6.07, 6.45) is 3.58.